The van der Waals surface area contributed by atoms with Gasteiger partial charge in [0.25, 0.3) is 0 Å². The molecule has 7 heteroatoms. The van der Waals surface area contributed by atoms with Crippen LogP contribution in [-0.4, -0.2) is 40.8 Å². The molecule has 2 N–H and O–H groups in total. The SMILES string of the molecule is CCNC(=NCc1cccc(Cn2cccn2)c1)NCCCCSC.I. The Bertz CT molecular complexity index is 631. The van der Waals surface area contributed by atoms with Gasteiger partial charge in [-0.25, -0.2) is 4.99 Å². The molecular weight excluding hydrogens is 457 g/mol. The van der Waals surface area contributed by atoms with Crippen molar-refractivity contribution in [2.45, 2.75) is 32.9 Å². The molecule has 1 aromatic carbocycles. The van der Waals surface area contributed by atoms with Crippen LogP contribution in [0.15, 0.2) is 47.7 Å². The van der Waals surface area contributed by atoms with Crippen LogP contribution in [-0.2, 0) is 13.1 Å². The summed E-state index contributed by atoms with van der Waals surface area (Å²) < 4.78 is 1.93. The Labute approximate surface area is 178 Å². The molecule has 0 aliphatic carbocycles. The quantitative estimate of drug-likeness (QED) is 0.232. The molecule has 1 aromatic heterocycles. The molecule has 0 bridgehead atoms. The number of unbranched alkanes of at least 4 members (excludes halogenated alkanes) is 1. The normalized spacial score (nSPS) is 11.1. The van der Waals surface area contributed by atoms with Crippen LogP contribution in [0.25, 0.3) is 0 Å². The summed E-state index contributed by atoms with van der Waals surface area (Å²) in [4.78, 5) is 4.71. The molecule has 0 radical (unpaired) electrons. The molecule has 2 aromatic rings. The maximum atomic E-state index is 4.71. The number of rotatable bonds is 10. The topological polar surface area (TPSA) is 54.2 Å². The Morgan fingerprint density at radius 3 is 2.77 bits per heavy atom. The summed E-state index contributed by atoms with van der Waals surface area (Å²) >= 11 is 1.90. The highest BCUT2D eigenvalue weighted by atomic mass is 127. The Kier molecular flexibility index (Phi) is 12.2. The lowest BCUT2D eigenvalue weighted by atomic mass is 10.1. The second kappa shape index (κ2) is 13.9. The molecule has 0 atom stereocenters. The molecular formula is C19H30IN5S. The number of hydrogen-bond donors (Lipinski definition) is 2. The predicted octanol–water partition coefficient (Wildman–Crippen LogP) is 3.75. The first-order valence-electron chi connectivity index (χ1n) is 8.88. The third-order valence-corrected chi connectivity index (χ3v) is 4.42. The number of nitrogens with zero attached hydrogens (tertiary/aromatic N) is 3. The van der Waals surface area contributed by atoms with E-state index in [9.17, 15) is 0 Å². The fourth-order valence-corrected chi connectivity index (χ4v) is 2.99. The summed E-state index contributed by atoms with van der Waals surface area (Å²) in [5, 5.41) is 11.0. The van der Waals surface area contributed by atoms with Gasteiger partial charge in [0, 0.05) is 25.5 Å². The maximum Gasteiger partial charge on any atom is 0.191 e. The molecule has 26 heavy (non-hydrogen) atoms. The second-order valence-electron chi connectivity index (χ2n) is 5.85. The van der Waals surface area contributed by atoms with Gasteiger partial charge in [0.2, 0.25) is 0 Å². The summed E-state index contributed by atoms with van der Waals surface area (Å²) in [5.74, 6) is 2.11. The van der Waals surface area contributed by atoms with Crippen LogP contribution in [0.5, 0.6) is 0 Å². The van der Waals surface area contributed by atoms with Gasteiger partial charge in [-0.1, -0.05) is 24.3 Å². The molecule has 5 nitrogen and oxygen atoms in total. The van der Waals surface area contributed by atoms with Crippen LogP contribution in [0.3, 0.4) is 0 Å². The molecule has 0 spiro atoms. The van der Waals surface area contributed by atoms with E-state index in [0.29, 0.717) is 6.54 Å². The summed E-state index contributed by atoms with van der Waals surface area (Å²) in [6.45, 7) is 5.39. The van der Waals surface area contributed by atoms with Crippen LogP contribution in [0, 0.1) is 0 Å². The first-order chi connectivity index (χ1) is 12.3. The molecule has 0 saturated carbocycles. The highest BCUT2D eigenvalue weighted by molar-refractivity contribution is 14.0. The van der Waals surface area contributed by atoms with Crippen LogP contribution in [0.2, 0.25) is 0 Å². The molecule has 2 rings (SSSR count). The van der Waals surface area contributed by atoms with Gasteiger partial charge in [-0.3, -0.25) is 4.68 Å². The maximum absolute atomic E-state index is 4.71. The zero-order chi connectivity index (χ0) is 17.7. The van der Waals surface area contributed by atoms with Crippen LogP contribution >= 0.6 is 35.7 Å². The van der Waals surface area contributed by atoms with Gasteiger partial charge in [0.15, 0.2) is 5.96 Å². The van der Waals surface area contributed by atoms with Crippen LogP contribution in [0.1, 0.15) is 30.9 Å². The summed E-state index contributed by atoms with van der Waals surface area (Å²) in [6.07, 6.45) is 8.35. The molecule has 0 aliphatic rings. The zero-order valence-corrected chi connectivity index (χ0v) is 18.8. The number of thioether (sulfide) groups is 1. The second-order valence-corrected chi connectivity index (χ2v) is 6.83. The van der Waals surface area contributed by atoms with Gasteiger partial charge in [0.1, 0.15) is 0 Å². The monoisotopic (exact) mass is 487 g/mol. The molecule has 0 fully saturated rings. The lowest BCUT2D eigenvalue weighted by Gasteiger charge is -2.11. The van der Waals surface area contributed by atoms with E-state index in [2.05, 4.69) is 53.2 Å². The number of aliphatic imine (C=N–C) groups is 1. The van der Waals surface area contributed by atoms with E-state index in [-0.39, 0.29) is 24.0 Å². The average molecular weight is 487 g/mol. The zero-order valence-electron chi connectivity index (χ0n) is 15.6. The number of hydrogen-bond acceptors (Lipinski definition) is 3. The van der Waals surface area contributed by atoms with E-state index in [1.165, 1.54) is 29.7 Å². The highest BCUT2D eigenvalue weighted by Gasteiger charge is 2.00. The standard InChI is InChI=1S/C19H29N5S.HI/c1-3-20-19(21-10-4-5-13-25-2)22-15-17-8-6-9-18(14-17)16-24-12-7-11-23-24;/h6-9,11-12,14H,3-5,10,13,15-16H2,1-2H3,(H2,20,21,22);1H. The Hall–Kier alpha value is -1.22. The number of guanidine groups is 1. The molecule has 144 valence electrons. The minimum Gasteiger partial charge on any atom is -0.357 e. The fraction of sp³-hybridized carbons (Fsp3) is 0.474. The van der Waals surface area contributed by atoms with E-state index in [1.54, 1.807) is 0 Å². The fourth-order valence-electron chi connectivity index (χ4n) is 2.50. The Balaban J connectivity index is 0.00000338. The van der Waals surface area contributed by atoms with Crippen molar-refractivity contribution in [1.29, 1.82) is 0 Å². The van der Waals surface area contributed by atoms with Crippen LogP contribution < -0.4 is 10.6 Å². The predicted molar refractivity (Wildman–Crippen MR) is 124 cm³/mol. The Morgan fingerprint density at radius 2 is 2.04 bits per heavy atom. The van der Waals surface area contributed by atoms with Crippen molar-refractivity contribution >= 4 is 41.7 Å². The molecule has 0 saturated heterocycles. The smallest absolute Gasteiger partial charge is 0.191 e. The summed E-state index contributed by atoms with van der Waals surface area (Å²) in [6, 6.07) is 10.5. The van der Waals surface area contributed by atoms with E-state index in [0.717, 1.165) is 25.6 Å². The number of nitrogens with one attached hydrogen (secondary N) is 2. The molecule has 1 heterocycles. The summed E-state index contributed by atoms with van der Waals surface area (Å²) in [7, 11) is 0. The number of aromatic nitrogens is 2. The van der Waals surface area contributed by atoms with Gasteiger partial charge in [-0.15, -0.1) is 24.0 Å². The van der Waals surface area contributed by atoms with Crippen molar-refractivity contribution in [2.75, 3.05) is 25.1 Å². The third kappa shape index (κ3) is 8.93. The first kappa shape index (κ1) is 22.8. The largest absolute Gasteiger partial charge is 0.357 e. The van der Waals surface area contributed by atoms with Crippen molar-refractivity contribution in [3.8, 4) is 0 Å². The molecule has 0 aliphatic heterocycles. The minimum absolute atomic E-state index is 0. The van der Waals surface area contributed by atoms with E-state index in [1.807, 2.05) is 34.9 Å². The lowest BCUT2D eigenvalue weighted by molar-refractivity contribution is 0.686. The van der Waals surface area contributed by atoms with Gasteiger partial charge in [0.05, 0.1) is 13.1 Å². The number of benzene rings is 1. The van der Waals surface area contributed by atoms with E-state index in [4.69, 9.17) is 4.99 Å². The first-order valence-corrected chi connectivity index (χ1v) is 10.3. The van der Waals surface area contributed by atoms with Crippen molar-refractivity contribution in [3.63, 3.8) is 0 Å². The molecule has 0 unspecified atom stereocenters. The Morgan fingerprint density at radius 1 is 1.19 bits per heavy atom. The number of halogens is 1. The van der Waals surface area contributed by atoms with Crippen molar-refractivity contribution in [1.82, 2.24) is 20.4 Å². The minimum atomic E-state index is 0. The third-order valence-electron chi connectivity index (χ3n) is 3.73. The van der Waals surface area contributed by atoms with Crippen molar-refractivity contribution in [2.24, 2.45) is 4.99 Å². The van der Waals surface area contributed by atoms with Gasteiger partial charge in [-0.2, -0.15) is 16.9 Å². The van der Waals surface area contributed by atoms with Gasteiger partial charge in [-0.05, 0) is 49.0 Å². The average Bonchev–Trinajstić information content (AvgIpc) is 3.13. The van der Waals surface area contributed by atoms with Crippen molar-refractivity contribution < 1.29 is 0 Å². The van der Waals surface area contributed by atoms with Crippen molar-refractivity contribution in [3.05, 3.63) is 53.9 Å². The van der Waals surface area contributed by atoms with E-state index < -0.39 is 0 Å². The van der Waals surface area contributed by atoms with Gasteiger partial charge >= 0.3 is 0 Å². The highest BCUT2D eigenvalue weighted by Crippen LogP contribution is 2.08. The van der Waals surface area contributed by atoms with Gasteiger partial charge < -0.3 is 10.6 Å². The summed E-state index contributed by atoms with van der Waals surface area (Å²) in [5.41, 5.74) is 2.45. The lowest BCUT2D eigenvalue weighted by Crippen LogP contribution is -2.37. The van der Waals surface area contributed by atoms with E-state index >= 15 is 0 Å². The van der Waals surface area contributed by atoms with Crippen LogP contribution in [0.4, 0.5) is 0 Å². The molecule has 0 amide bonds.